The largest absolute Gasteiger partial charge is 0.285 e. The van der Waals surface area contributed by atoms with Gasteiger partial charge in [-0.25, -0.2) is 0 Å². The molecule has 14 heavy (non-hydrogen) atoms. The van der Waals surface area contributed by atoms with Crippen LogP contribution in [0.15, 0.2) is 12.2 Å². The van der Waals surface area contributed by atoms with Crippen LogP contribution in [0.25, 0.3) is 0 Å². The predicted octanol–water partition coefficient (Wildman–Crippen LogP) is 1.87. The maximum atomic E-state index is 11.2. The van der Waals surface area contributed by atoms with Crippen molar-refractivity contribution < 1.29 is 13.0 Å². The Morgan fingerprint density at radius 1 is 1.36 bits per heavy atom. The Hall–Kier alpha value is -0.350. The minimum absolute atomic E-state index is 0.0620. The molecule has 0 aromatic heterocycles. The maximum absolute atomic E-state index is 11.2. The molecule has 4 heteroatoms. The molecule has 0 amide bonds. The van der Waals surface area contributed by atoms with Gasteiger partial charge in [-0.3, -0.25) is 4.55 Å². The summed E-state index contributed by atoms with van der Waals surface area (Å²) in [6.07, 6.45) is 4.60. The van der Waals surface area contributed by atoms with Gasteiger partial charge < -0.3 is 0 Å². The highest BCUT2D eigenvalue weighted by atomic mass is 32.2. The predicted molar refractivity (Wildman–Crippen MR) is 54.5 cm³/mol. The van der Waals surface area contributed by atoms with E-state index in [9.17, 15) is 13.0 Å². The van der Waals surface area contributed by atoms with Crippen LogP contribution < -0.4 is 0 Å². The number of hydrogen-bond acceptors (Lipinski definition) is 2. The molecule has 2 aliphatic rings. The van der Waals surface area contributed by atoms with Crippen LogP contribution in [0.3, 0.4) is 0 Å². The van der Waals surface area contributed by atoms with Gasteiger partial charge in [0.05, 0.1) is 5.25 Å². The van der Waals surface area contributed by atoms with Crippen molar-refractivity contribution >= 4 is 10.1 Å². The molecule has 2 bridgehead atoms. The summed E-state index contributed by atoms with van der Waals surface area (Å²) in [5, 5.41) is -0.625. The van der Waals surface area contributed by atoms with E-state index < -0.39 is 20.8 Å². The summed E-state index contributed by atoms with van der Waals surface area (Å²) < 4.78 is 31.7. The van der Waals surface area contributed by atoms with E-state index in [0.717, 1.165) is 0 Å². The van der Waals surface area contributed by atoms with Gasteiger partial charge in [-0.2, -0.15) is 8.42 Å². The first kappa shape index (κ1) is 10.2. The Bertz CT molecular complexity index is 394. The van der Waals surface area contributed by atoms with E-state index in [2.05, 4.69) is 19.9 Å². The Morgan fingerprint density at radius 3 is 2.14 bits per heavy atom. The van der Waals surface area contributed by atoms with Crippen molar-refractivity contribution in [3.05, 3.63) is 12.2 Å². The highest BCUT2D eigenvalue weighted by Gasteiger charge is 2.62. The van der Waals surface area contributed by atoms with Crippen molar-refractivity contribution in [3.8, 4) is 0 Å². The molecular formula is C10H16O3S. The smallest absolute Gasteiger partial charge is 0.268 e. The summed E-state index contributed by atoms with van der Waals surface area (Å²) in [4.78, 5) is 0. The van der Waals surface area contributed by atoms with Gasteiger partial charge in [0.15, 0.2) is 0 Å². The fourth-order valence-electron chi connectivity index (χ4n) is 2.97. The van der Waals surface area contributed by atoms with Crippen molar-refractivity contribution in [1.29, 1.82) is 0 Å². The van der Waals surface area contributed by atoms with Crippen molar-refractivity contribution in [1.82, 2.24) is 0 Å². The van der Waals surface area contributed by atoms with Crippen LogP contribution in [-0.4, -0.2) is 18.2 Å². The van der Waals surface area contributed by atoms with Crippen molar-refractivity contribution in [2.24, 2.45) is 16.7 Å². The third kappa shape index (κ3) is 0.984. The molecule has 0 aromatic carbocycles. The van der Waals surface area contributed by atoms with Gasteiger partial charge in [0, 0.05) is 5.41 Å². The lowest BCUT2D eigenvalue weighted by molar-refractivity contribution is 0.181. The van der Waals surface area contributed by atoms with Crippen molar-refractivity contribution in [2.75, 3.05) is 0 Å². The van der Waals surface area contributed by atoms with Crippen LogP contribution in [-0.2, 0) is 10.1 Å². The zero-order valence-corrected chi connectivity index (χ0v) is 9.50. The molecule has 1 saturated carbocycles. The normalized spacial score (nSPS) is 44.6. The first-order valence-electron chi connectivity index (χ1n) is 4.85. The SMILES string of the molecule is CC1(C)C2C=CC1(C)C(S(=O)(=O)O)C2. The van der Waals surface area contributed by atoms with Crippen LogP contribution in [0.5, 0.6) is 0 Å². The van der Waals surface area contributed by atoms with Crippen LogP contribution in [0, 0.1) is 16.7 Å². The molecule has 80 valence electrons. The van der Waals surface area contributed by atoms with Gasteiger partial charge in [-0.05, 0) is 17.8 Å². The zero-order valence-electron chi connectivity index (χ0n) is 8.69. The molecular weight excluding hydrogens is 200 g/mol. The van der Waals surface area contributed by atoms with E-state index in [1.807, 2.05) is 13.0 Å². The molecule has 0 saturated heterocycles. The second-order valence-electron chi connectivity index (χ2n) is 5.21. The Labute approximate surface area is 85.0 Å². The highest BCUT2D eigenvalue weighted by molar-refractivity contribution is 7.86. The maximum Gasteiger partial charge on any atom is 0.268 e. The first-order valence-corrected chi connectivity index (χ1v) is 6.35. The molecule has 3 atom stereocenters. The van der Waals surface area contributed by atoms with E-state index in [1.165, 1.54) is 0 Å². The van der Waals surface area contributed by atoms with Gasteiger partial charge in [0.2, 0.25) is 0 Å². The van der Waals surface area contributed by atoms with Gasteiger partial charge in [-0.1, -0.05) is 32.9 Å². The van der Waals surface area contributed by atoms with Crippen molar-refractivity contribution in [2.45, 2.75) is 32.4 Å². The van der Waals surface area contributed by atoms with E-state index in [4.69, 9.17) is 0 Å². The van der Waals surface area contributed by atoms with E-state index in [1.54, 1.807) is 0 Å². The monoisotopic (exact) mass is 216 g/mol. The minimum atomic E-state index is -3.91. The number of fused-ring (bicyclic) bond motifs is 2. The molecule has 0 heterocycles. The molecule has 1 fully saturated rings. The average molecular weight is 216 g/mol. The van der Waals surface area contributed by atoms with Crippen molar-refractivity contribution in [3.63, 3.8) is 0 Å². The summed E-state index contributed by atoms with van der Waals surface area (Å²) >= 11 is 0. The molecule has 1 N–H and O–H groups in total. The fourth-order valence-corrected chi connectivity index (χ4v) is 4.42. The van der Waals surface area contributed by atoms with E-state index >= 15 is 0 Å². The Morgan fingerprint density at radius 2 is 1.93 bits per heavy atom. The average Bonchev–Trinajstić information content (AvgIpc) is 2.32. The Balaban J connectivity index is 2.52. The van der Waals surface area contributed by atoms with E-state index in [0.29, 0.717) is 6.42 Å². The lowest BCUT2D eigenvalue weighted by atomic mass is 9.70. The molecule has 0 spiro atoms. The van der Waals surface area contributed by atoms with Crippen LogP contribution in [0.1, 0.15) is 27.2 Å². The van der Waals surface area contributed by atoms with Gasteiger partial charge in [0.1, 0.15) is 0 Å². The van der Waals surface area contributed by atoms with E-state index in [-0.39, 0.29) is 11.3 Å². The third-order valence-corrected chi connectivity index (χ3v) is 5.89. The number of rotatable bonds is 1. The number of hydrogen-bond donors (Lipinski definition) is 1. The fraction of sp³-hybridized carbons (Fsp3) is 0.800. The van der Waals surface area contributed by atoms with Gasteiger partial charge >= 0.3 is 0 Å². The molecule has 0 aromatic rings. The van der Waals surface area contributed by atoms with Crippen LogP contribution in [0.2, 0.25) is 0 Å². The van der Waals surface area contributed by atoms with Crippen LogP contribution >= 0.6 is 0 Å². The second-order valence-corrected chi connectivity index (χ2v) is 6.81. The standard InChI is InChI=1S/C10H16O3S/c1-9(2)7-4-5-10(9,3)8(6-7)14(11,12)13/h4-5,7-8H,6H2,1-3H3,(H,11,12,13). The third-order valence-electron chi connectivity index (χ3n) is 4.49. The second kappa shape index (κ2) is 2.42. The quantitative estimate of drug-likeness (QED) is 0.537. The Kier molecular flexibility index (Phi) is 1.76. The summed E-state index contributed by atoms with van der Waals surface area (Å²) in [5.41, 5.74) is -0.473. The molecule has 2 rings (SSSR count). The van der Waals surface area contributed by atoms with Gasteiger partial charge in [-0.15, -0.1) is 0 Å². The summed E-state index contributed by atoms with van der Waals surface area (Å²) in [6, 6.07) is 0. The molecule has 3 nitrogen and oxygen atoms in total. The topological polar surface area (TPSA) is 54.4 Å². The molecule has 2 aliphatic carbocycles. The number of allylic oxidation sites excluding steroid dienone is 2. The van der Waals surface area contributed by atoms with Crippen LogP contribution in [0.4, 0.5) is 0 Å². The molecule has 3 unspecified atom stereocenters. The lowest BCUT2D eigenvalue weighted by Gasteiger charge is -2.36. The lowest BCUT2D eigenvalue weighted by Crippen LogP contribution is -2.39. The molecule has 0 aliphatic heterocycles. The minimum Gasteiger partial charge on any atom is -0.285 e. The van der Waals surface area contributed by atoms with Gasteiger partial charge in [0.25, 0.3) is 10.1 Å². The summed E-state index contributed by atoms with van der Waals surface area (Å²) in [6.45, 7) is 6.07. The molecule has 0 radical (unpaired) electrons. The first-order chi connectivity index (χ1) is 6.19. The zero-order chi connectivity index (χ0) is 10.8. The summed E-state index contributed by atoms with van der Waals surface area (Å²) in [7, 11) is -3.91. The highest BCUT2D eigenvalue weighted by Crippen LogP contribution is 2.63. The summed E-state index contributed by atoms with van der Waals surface area (Å²) in [5.74, 6) is 0.277.